The number of rotatable bonds is 6. The highest BCUT2D eigenvalue weighted by atomic mass is 32.2. The highest BCUT2D eigenvalue weighted by Gasteiger charge is 2.26. The molecule has 2 aromatic rings. The van der Waals surface area contributed by atoms with Crippen molar-refractivity contribution in [2.24, 2.45) is 5.92 Å². The van der Waals surface area contributed by atoms with Crippen molar-refractivity contribution in [1.29, 1.82) is 0 Å². The molecule has 1 aliphatic rings. The third kappa shape index (κ3) is 5.59. The zero-order chi connectivity index (χ0) is 23.5. The molecule has 8 nitrogen and oxygen atoms in total. The Balaban J connectivity index is 1.84. The maximum absolute atomic E-state index is 13.0. The first-order chi connectivity index (χ1) is 15.1. The van der Waals surface area contributed by atoms with Crippen LogP contribution < -0.4 is 10.1 Å². The Morgan fingerprint density at radius 3 is 2.28 bits per heavy atom. The van der Waals surface area contributed by atoms with Crippen LogP contribution in [0.1, 0.15) is 43.2 Å². The van der Waals surface area contributed by atoms with Gasteiger partial charge in [-0.05, 0) is 68.0 Å². The molecule has 3 rings (SSSR count). The van der Waals surface area contributed by atoms with Crippen LogP contribution in [-0.4, -0.2) is 36.3 Å². The molecule has 0 aromatic heterocycles. The summed E-state index contributed by atoms with van der Waals surface area (Å²) >= 11 is 0. The van der Waals surface area contributed by atoms with Gasteiger partial charge in [0.1, 0.15) is 22.1 Å². The van der Waals surface area contributed by atoms with Crippen LogP contribution in [0.5, 0.6) is 17.2 Å². The minimum Gasteiger partial charge on any atom is -0.507 e. The number of carbonyl (C=O) groups excluding carboxylic acids is 1. The number of hydrogen-bond acceptors (Lipinski definition) is 6. The van der Waals surface area contributed by atoms with E-state index in [1.807, 2.05) is 0 Å². The summed E-state index contributed by atoms with van der Waals surface area (Å²) in [7, 11) is -3.69. The van der Waals surface area contributed by atoms with Gasteiger partial charge in [0.05, 0.1) is 5.75 Å². The number of carbonyl (C=O) groups is 2. The highest BCUT2D eigenvalue weighted by Crippen LogP contribution is 2.36. The number of sulfone groups is 1. The van der Waals surface area contributed by atoms with Gasteiger partial charge in [-0.1, -0.05) is 19.3 Å². The van der Waals surface area contributed by atoms with Crippen molar-refractivity contribution in [3.8, 4) is 17.2 Å². The standard InChI is InChI=1S/C23H27NO7S/c1-14-10-17(24-22(26)23(27)28)11-15(2)21(14)31-18-8-9-19(25)20(12-18)32(29,30)13-16-6-4-3-5-7-16/h8-12,16,25H,3-7,13H2,1-2H3,(H,24,26)(H,27,28). The number of phenolic OH excluding ortho intramolecular Hbond substituents is 1. The molecule has 1 saturated carbocycles. The molecular weight excluding hydrogens is 434 g/mol. The summed E-state index contributed by atoms with van der Waals surface area (Å²) in [6, 6.07) is 7.23. The third-order valence-electron chi connectivity index (χ3n) is 5.58. The molecule has 172 valence electrons. The number of aromatic hydroxyl groups is 1. The van der Waals surface area contributed by atoms with E-state index in [1.165, 1.54) is 18.2 Å². The van der Waals surface area contributed by atoms with Gasteiger partial charge in [0.2, 0.25) is 0 Å². The van der Waals surface area contributed by atoms with Gasteiger partial charge in [-0.2, -0.15) is 0 Å². The number of carboxylic acids is 1. The molecule has 0 unspecified atom stereocenters. The van der Waals surface area contributed by atoms with Crippen molar-refractivity contribution >= 4 is 27.4 Å². The molecule has 3 N–H and O–H groups in total. The molecule has 0 radical (unpaired) electrons. The van der Waals surface area contributed by atoms with E-state index in [0.717, 1.165) is 32.1 Å². The topological polar surface area (TPSA) is 130 Å². The highest BCUT2D eigenvalue weighted by molar-refractivity contribution is 7.91. The average Bonchev–Trinajstić information content (AvgIpc) is 2.72. The lowest BCUT2D eigenvalue weighted by Crippen LogP contribution is -2.21. The smallest absolute Gasteiger partial charge is 0.394 e. The van der Waals surface area contributed by atoms with Crippen LogP contribution in [0.15, 0.2) is 35.2 Å². The Morgan fingerprint density at radius 2 is 1.69 bits per heavy atom. The predicted octanol–water partition coefficient (Wildman–Crippen LogP) is 4.18. The second-order valence-corrected chi connectivity index (χ2v) is 10.2. The second-order valence-electron chi connectivity index (χ2n) is 8.22. The molecule has 0 aliphatic heterocycles. The molecule has 1 fully saturated rings. The van der Waals surface area contributed by atoms with Crippen molar-refractivity contribution < 1.29 is 33.0 Å². The minimum absolute atomic E-state index is 0.0000409. The number of nitrogens with one attached hydrogen (secondary N) is 1. The largest absolute Gasteiger partial charge is 0.507 e. The van der Waals surface area contributed by atoms with Crippen LogP contribution in [-0.2, 0) is 19.4 Å². The fraction of sp³-hybridized carbons (Fsp3) is 0.391. The summed E-state index contributed by atoms with van der Waals surface area (Å²) in [5.74, 6) is -2.27. The first-order valence-electron chi connectivity index (χ1n) is 10.5. The maximum Gasteiger partial charge on any atom is 0.394 e. The fourth-order valence-electron chi connectivity index (χ4n) is 4.05. The van der Waals surface area contributed by atoms with Gasteiger partial charge in [-0.15, -0.1) is 0 Å². The Bertz CT molecular complexity index is 1110. The number of hydrogen-bond donors (Lipinski definition) is 3. The van der Waals surface area contributed by atoms with Crippen LogP contribution >= 0.6 is 0 Å². The fourth-order valence-corrected chi connectivity index (χ4v) is 5.86. The number of benzene rings is 2. The van der Waals surface area contributed by atoms with Crippen molar-refractivity contribution in [3.63, 3.8) is 0 Å². The number of anilines is 1. The van der Waals surface area contributed by atoms with E-state index in [9.17, 15) is 23.1 Å². The molecule has 0 bridgehead atoms. The van der Waals surface area contributed by atoms with Gasteiger partial charge < -0.3 is 20.3 Å². The zero-order valence-corrected chi connectivity index (χ0v) is 18.9. The Morgan fingerprint density at radius 1 is 1.06 bits per heavy atom. The van der Waals surface area contributed by atoms with Crippen LogP contribution in [0, 0.1) is 19.8 Å². The first kappa shape index (κ1) is 23.6. The molecule has 0 heterocycles. The van der Waals surface area contributed by atoms with E-state index in [1.54, 1.807) is 26.0 Å². The lowest BCUT2D eigenvalue weighted by atomic mass is 9.91. The first-order valence-corrected chi connectivity index (χ1v) is 12.1. The number of amides is 1. The van der Waals surface area contributed by atoms with Gasteiger partial charge in [0.15, 0.2) is 9.84 Å². The lowest BCUT2D eigenvalue weighted by Gasteiger charge is -2.21. The van der Waals surface area contributed by atoms with E-state index >= 15 is 0 Å². The molecule has 9 heteroatoms. The van der Waals surface area contributed by atoms with Gasteiger partial charge in [-0.3, -0.25) is 4.79 Å². The van der Waals surface area contributed by atoms with Crippen molar-refractivity contribution in [2.75, 3.05) is 11.1 Å². The molecule has 1 aliphatic carbocycles. The molecule has 0 saturated heterocycles. The number of phenols is 1. The van der Waals surface area contributed by atoms with Gasteiger partial charge >= 0.3 is 11.9 Å². The van der Waals surface area contributed by atoms with E-state index in [4.69, 9.17) is 9.84 Å². The summed E-state index contributed by atoms with van der Waals surface area (Å²) in [6.07, 6.45) is 4.93. The van der Waals surface area contributed by atoms with E-state index in [2.05, 4.69) is 5.32 Å². The Kier molecular flexibility index (Phi) is 7.08. The third-order valence-corrected chi connectivity index (χ3v) is 7.49. The summed E-state index contributed by atoms with van der Waals surface area (Å²) in [5, 5.41) is 21.2. The number of carboxylic acid groups (broad SMARTS) is 1. The van der Waals surface area contributed by atoms with Crippen LogP contribution in [0.2, 0.25) is 0 Å². The van der Waals surface area contributed by atoms with Crippen LogP contribution in [0.3, 0.4) is 0 Å². The normalized spacial score (nSPS) is 14.7. The molecule has 32 heavy (non-hydrogen) atoms. The van der Waals surface area contributed by atoms with Crippen LogP contribution in [0.25, 0.3) is 0 Å². The van der Waals surface area contributed by atoms with Gasteiger partial charge in [-0.25, -0.2) is 13.2 Å². The predicted molar refractivity (Wildman–Crippen MR) is 119 cm³/mol. The Hall–Kier alpha value is -3.07. The van der Waals surface area contributed by atoms with Gasteiger partial charge in [0, 0.05) is 11.8 Å². The van der Waals surface area contributed by atoms with Crippen molar-refractivity contribution in [1.82, 2.24) is 0 Å². The minimum atomic E-state index is -3.69. The zero-order valence-electron chi connectivity index (χ0n) is 18.1. The number of aliphatic carboxylic acids is 1. The molecule has 2 aromatic carbocycles. The molecule has 0 atom stereocenters. The van der Waals surface area contributed by atoms with E-state index < -0.39 is 21.7 Å². The van der Waals surface area contributed by atoms with Gasteiger partial charge in [0.25, 0.3) is 0 Å². The second kappa shape index (κ2) is 9.60. The Labute approximate surface area is 187 Å². The summed E-state index contributed by atoms with van der Waals surface area (Å²) in [5.41, 5.74) is 1.54. The summed E-state index contributed by atoms with van der Waals surface area (Å²) in [4.78, 5) is 22.0. The lowest BCUT2D eigenvalue weighted by molar-refractivity contribution is -0.147. The number of aryl methyl sites for hydroxylation is 2. The quantitative estimate of drug-likeness (QED) is 0.550. The van der Waals surface area contributed by atoms with E-state index in [-0.39, 0.29) is 28.1 Å². The van der Waals surface area contributed by atoms with E-state index in [0.29, 0.717) is 22.6 Å². The van der Waals surface area contributed by atoms with Crippen molar-refractivity contribution in [2.45, 2.75) is 50.8 Å². The summed E-state index contributed by atoms with van der Waals surface area (Å²) in [6.45, 7) is 3.44. The average molecular weight is 462 g/mol. The monoisotopic (exact) mass is 461 g/mol. The van der Waals surface area contributed by atoms with Crippen LogP contribution in [0.4, 0.5) is 5.69 Å². The molecule has 1 amide bonds. The molecular formula is C23H27NO7S. The summed E-state index contributed by atoms with van der Waals surface area (Å²) < 4.78 is 31.8. The molecule has 0 spiro atoms. The maximum atomic E-state index is 13.0. The SMILES string of the molecule is Cc1cc(NC(=O)C(=O)O)cc(C)c1Oc1ccc(O)c(S(=O)(=O)CC2CCCCC2)c1. The number of ether oxygens (including phenoxy) is 1. The van der Waals surface area contributed by atoms with Crippen molar-refractivity contribution in [3.05, 3.63) is 41.5 Å².